The van der Waals surface area contributed by atoms with Crippen molar-refractivity contribution in [2.45, 2.75) is 57.8 Å². The lowest BCUT2D eigenvalue weighted by molar-refractivity contribution is 0.586. The number of hydrogen-bond donors (Lipinski definition) is 0. The van der Waals surface area contributed by atoms with Crippen LogP contribution in [0.3, 0.4) is 0 Å². The van der Waals surface area contributed by atoms with Gasteiger partial charge in [-0.05, 0) is 102 Å². The van der Waals surface area contributed by atoms with Gasteiger partial charge in [0.25, 0.3) is 0 Å². The van der Waals surface area contributed by atoms with E-state index >= 15 is 0 Å². The topological polar surface area (TPSA) is 3.24 Å². The molecule has 1 nitrogen and oxygen atoms in total. The first-order valence-corrected chi connectivity index (χ1v) is 23.2. The molecule has 9 aromatic carbocycles. The van der Waals surface area contributed by atoms with E-state index in [0.29, 0.717) is 0 Å². The van der Waals surface area contributed by atoms with E-state index in [9.17, 15) is 0 Å². The average molecular weight is 828 g/mol. The zero-order chi connectivity index (χ0) is 42.8. The SMILES string of the molecule is CC(C)(C)c1ccc2c(c1)C1(c3cc(C(C)(C)C)ccc3-2)c2ccccc2-c2c(N(c3ccccc3-c3ccccc3)c3cc4ccccc4c4c3sc3ccccc34)cccc21. The van der Waals surface area contributed by atoms with Crippen LogP contribution < -0.4 is 4.90 Å². The molecule has 1 spiro atoms. The van der Waals surface area contributed by atoms with Crippen molar-refractivity contribution in [3.63, 3.8) is 0 Å². The predicted molar refractivity (Wildman–Crippen MR) is 271 cm³/mol. The molecule has 2 aliphatic carbocycles. The van der Waals surface area contributed by atoms with Crippen LogP contribution >= 0.6 is 11.3 Å². The Labute approximate surface area is 374 Å². The summed E-state index contributed by atoms with van der Waals surface area (Å²) >= 11 is 1.91. The third-order valence-corrected chi connectivity index (χ3v) is 15.2. The van der Waals surface area contributed by atoms with Crippen LogP contribution in [0.4, 0.5) is 17.1 Å². The monoisotopic (exact) mass is 827 g/mol. The smallest absolute Gasteiger partial charge is 0.0726 e. The van der Waals surface area contributed by atoms with E-state index in [4.69, 9.17) is 0 Å². The lowest BCUT2D eigenvalue weighted by atomic mass is 9.69. The van der Waals surface area contributed by atoms with Gasteiger partial charge in [0, 0.05) is 26.6 Å². The van der Waals surface area contributed by atoms with Crippen molar-refractivity contribution in [2.75, 3.05) is 4.90 Å². The molecule has 1 heterocycles. The predicted octanol–water partition coefficient (Wildman–Crippen LogP) is 17.3. The summed E-state index contributed by atoms with van der Waals surface area (Å²) in [6.07, 6.45) is 0. The summed E-state index contributed by atoms with van der Waals surface area (Å²) in [5, 5.41) is 5.14. The molecule has 2 aliphatic rings. The first-order valence-electron chi connectivity index (χ1n) is 22.3. The number of benzene rings is 9. The van der Waals surface area contributed by atoms with Crippen molar-refractivity contribution >= 4 is 59.3 Å². The normalized spacial score (nSPS) is 13.7. The molecule has 1 aromatic heterocycles. The Hall–Kier alpha value is -6.74. The maximum atomic E-state index is 2.62. The van der Waals surface area contributed by atoms with Gasteiger partial charge < -0.3 is 4.90 Å². The minimum absolute atomic E-state index is 0.0198. The van der Waals surface area contributed by atoms with Crippen molar-refractivity contribution in [1.82, 2.24) is 0 Å². The Bertz CT molecular complexity index is 3420. The number of para-hydroxylation sites is 1. The van der Waals surface area contributed by atoms with E-state index in [1.165, 1.54) is 109 Å². The second-order valence-corrected chi connectivity index (χ2v) is 20.7. The molecule has 0 aliphatic heterocycles. The van der Waals surface area contributed by atoms with E-state index in [-0.39, 0.29) is 10.8 Å². The Morgan fingerprint density at radius 3 is 1.70 bits per heavy atom. The summed E-state index contributed by atoms with van der Waals surface area (Å²) in [6.45, 7) is 14.1. The van der Waals surface area contributed by atoms with Gasteiger partial charge in [-0.2, -0.15) is 0 Å². The summed E-state index contributed by atoms with van der Waals surface area (Å²) in [4.78, 5) is 2.62. The highest BCUT2D eigenvalue weighted by Crippen LogP contribution is 2.66. The molecule has 0 atom stereocenters. The van der Waals surface area contributed by atoms with Crippen LogP contribution in [0.5, 0.6) is 0 Å². The van der Waals surface area contributed by atoms with Gasteiger partial charge in [-0.15, -0.1) is 11.3 Å². The third kappa shape index (κ3) is 5.47. The van der Waals surface area contributed by atoms with Crippen molar-refractivity contribution < 1.29 is 0 Å². The standard InChI is InChI=1S/C61H49NS/c1-59(2,3)40-31-33-44-45-34-32-41(60(4,5)6)37-51(45)61(50(44)36-40)48-26-15-12-24-46(48)57-49(61)27-18-29-53(57)62(52-28-16-13-22-42(52)38-19-8-7-9-20-38)54-35-39-21-10-11-23-43(39)56-47-25-14-17-30-55(47)63-58(54)56/h7-37H,1-6H3. The molecule has 0 bridgehead atoms. The summed E-state index contributed by atoms with van der Waals surface area (Å²) < 4.78 is 2.59. The number of nitrogens with zero attached hydrogens (tertiary/aromatic N) is 1. The van der Waals surface area contributed by atoms with Crippen LogP contribution in [-0.2, 0) is 16.2 Å². The molecule has 12 rings (SSSR count). The summed E-state index contributed by atoms with van der Waals surface area (Å²) in [7, 11) is 0. The van der Waals surface area contributed by atoms with Gasteiger partial charge in [0.05, 0.1) is 27.2 Å². The maximum Gasteiger partial charge on any atom is 0.0726 e. The number of fused-ring (bicyclic) bond motifs is 15. The van der Waals surface area contributed by atoms with Crippen molar-refractivity contribution in [3.8, 4) is 33.4 Å². The van der Waals surface area contributed by atoms with Crippen LogP contribution in [0.1, 0.15) is 74.9 Å². The van der Waals surface area contributed by atoms with Crippen molar-refractivity contribution in [3.05, 3.63) is 221 Å². The Balaban J connectivity index is 1.24. The van der Waals surface area contributed by atoms with Gasteiger partial charge in [0.2, 0.25) is 0 Å². The molecule has 10 aromatic rings. The molecule has 63 heavy (non-hydrogen) atoms. The quantitative estimate of drug-likeness (QED) is 0.171. The second-order valence-electron chi connectivity index (χ2n) is 19.7. The Morgan fingerprint density at radius 1 is 0.413 bits per heavy atom. The van der Waals surface area contributed by atoms with Gasteiger partial charge in [-0.25, -0.2) is 0 Å². The highest BCUT2D eigenvalue weighted by molar-refractivity contribution is 7.26. The molecule has 2 heteroatoms. The van der Waals surface area contributed by atoms with Crippen LogP contribution in [0.2, 0.25) is 0 Å². The van der Waals surface area contributed by atoms with Crippen molar-refractivity contribution in [1.29, 1.82) is 0 Å². The van der Waals surface area contributed by atoms with Crippen LogP contribution in [0.15, 0.2) is 188 Å². The number of hydrogen-bond acceptors (Lipinski definition) is 2. The molecule has 304 valence electrons. The van der Waals surface area contributed by atoms with Crippen LogP contribution in [0, 0.1) is 0 Å². The van der Waals surface area contributed by atoms with E-state index in [1.54, 1.807) is 0 Å². The largest absolute Gasteiger partial charge is 0.308 e. The average Bonchev–Trinajstić information content (AvgIpc) is 3.94. The highest BCUT2D eigenvalue weighted by Gasteiger charge is 2.53. The molecule has 0 unspecified atom stereocenters. The maximum absolute atomic E-state index is 2.62. The summed E-state index contributed by atoms with van der Waals surface area (Å²) in [5.74, 6) is 0. The first kappa shape index (κ1) is 38.0. The molecular weight excluding hydrogens is 779 g/mol. The van der Waals surface area contributed by atoms with Gasteiger partial charge in [0.1, 0.15) is 0 Å². The highest BCUT2D eigenvalue weighted by atomic mass is 32.1. The van der Waals surface area contributed by atoms with Gasteiger partial charge in [-0.1, -0.05) is 205 Å². The lowest BCUT2D eigenvalue weighted by Crippen LogP contribution is -2.27. The van der Waals surface area contributed by atoms with Gasteiger partial charge in [-0.3, -0.25) is 0 Å². The second kappa shape index (κ2) is 13.6. The zero-order valence-corrected chi connectivity index (χ0v) is 37.6. The fraction of sp³-hybridized carbons (Fsp3) is 0.148. The van der Waals surface area contributed by atoms with E-state index in [1.807, 2.05) is 11.3 Å². The first-order chi connectivity index (χ1) is 30.5. The fourth-order valence-corrected chi connectivity index (χ4v) is 12.2. The van der Waals surface area contributed by atoms with Gasteiger partial charge in [0.15, 0.2) is 0 Å². The van der Waals surface area contributed by atoms with Crippen molar-refractivity contribution in [2.24, 2.45) is 0 Å². The fourth-order valence-electron chi connectivity index (χ4n) is 11.0. The molecular formula is C61H49NS. The zero-order valence-electron chi connectivity index (χ0n) is 36.8. The minimum Gasteiger partial charge on any atom is -0.308 e. The van der Waals surface area contributed by atoms with E-state index in [0.717, 1.165) is 5.69 Å². The molecule has 0 amide bonds. The third-order valence-electron chi connectivity index (χ3n) is 14.0. The molecule has 0 saturated carbocycles. The summed E-state index contributed by atoms with van der Waals surface area (Å²) in [5.41, 5.74) is 18.8. The van der Waals surface area contributed by atoms with Crippen LogP contribution in [-0.4, -0.2) is 0 Å². The molecule has 0 radical (unpaired) electrons. The van der Waals surface area contributed by atoms with Crippen LogP contribution in [0.25, 0.3) is 64.3 Å². The van der Waals surface area contributed by atoms with E-state index in [2.05, 4.69) is 234 Å². The minimum atomic E-state index is -0.518. The number of anilines is 3. The Morgan fingerprint density at radius 2 is 0.984 bits per heavy atom. The number of rotatable bonds is 4. The lowest BCUT2D eigenvalue weighted by Gasteiger charge is -2.34. The number of thiophene rings is 1. The van der Waals surface area contributed by atoms with E-state index < -0.39 is 5.41 Å². The molecule has 0 N–H and O–H groups in total. The molecule has 0 fully saturated rings. The molecule has 0 saturated heterocycles. The van der Waals surface area contributed by atoms with Gasteiger partial charge >= 0.3 is 0 Å². The summed E-state index contributed by atoms with van der Waals surface area (Å²) in [6, 6.07) is 71.5. The Kier molecular flexibility index (Phi) is 8.22.